The van der Waals surface area contributed by atoms with E-state index in [2.05, 4.69) is 11.0 Å². The van der Waals surface area contributed by atoms with Crippen molar-refractivity contribution < 1.29 is 9.53 Å². The number of nitrogens with zero attached hydrogens (tertiary/aromatic N) is 5. The summed E-state index contributed by atoms with van der Waals surface area (Å²) in [5, 5.41) is 4.88. The average Bonchev–Trinajstić information content (AvgIpc) is 3.17. The first-order valence-electron chi connectivity index (χ1n) is 10.3. The molecule has 7 nitrogen and oxygen atoms in total. The fourth-order valence-electron chi connectivity index (χ4n) is 4.19. The van der Waals surface area contributed by atoms with Gasteiger partial charge in [0, 0.05) is 52.0 Å². The van der Waals surface area contributed by atoms with Gasteiger partial charge >= 0.3 is 6.03 Å². The number of piperazine rings is 1. The van der Waals surface area contributed by atoms with Crippen molar-refractivity contribution in [3.63, 3.8) is 0 Å². The van der Waals surface area contributed by atoms with E-state index in [1.807, 2.05) is 34.0 Å². The maximum absolute atomic E-state index is 13.4. The minimum atomic E-state index is -0.137. The highest BCUT2D eigenvalue weighted by atomic mass is 35.5. The van der Waals surface area contributed by atoms with Crippen molar-refractivity contribution in [1.82, 2.24) is 19.8 Å². The Bertz CT molecular complexity index is 867. The fraction of sp³-hybridized carbons (Fsp3) is 0.524. The number of hydrogen-bond donors (Lipinski definition) is 0. The van der Waals surface area contributed by atoms with Crippen LogP contribution >= 0.6 is 23.2 Å². The molecule has 0 N–H and O–H groups in total. The zero-order valence-corrected chi connectivity index (χ0v) is 18.9. The number of benzene rings is 1. The molecule has 2 saturated heterocycles. The predicted octanol–water partition coefficient (Wildman–Crippen LogP) is 3.66. The Kier molecular flexibility index (Phi) is 6.53. The number of hydrazine groups is 1. The molecule has 0 aromatic heterocycles. The van der Waals surface area contributed by atoms with Gasteiger partial charge in [-0.1, -0.05) is 29.3 Å². The minimum Gasteiger partial charge on any atom is -0.383 e. The Hall–Kier alpha value is -1.80. The van der Waals surface area contributed by atoms with Crippen molar-refractivity contribution in [1.29, 1.82) is 0 Å². The Morgan fingerprint density at radius 1 is 1.17 bits per heavy atom. The lowest BCUT2D eigenvalue weighted by Gasteiger charge is -2.41. The van der Waals surface area contributed by atoms with Gasteiger partial charge in [-0.15, -0.1) is 0 Å². The summed E-state index contributed by atoms with van der Waals surface area (Å²) in [5.41, 5.74) is 1.93. The SMILES string of the molecule is COCCN1CCN(C(=O)N2CCC3=NC(C)=CC(c4ccc(Cl)c(Cl)c4)N32)CC1. The number of fused-ring (bicyclic) bond motifs is 1. The van der Waals surface area contributed by atoms with Crippen molar-refractivity contribution in [3.8, 4) is 0 Å². The van der Waals surface area contributed by atoms with Crippen LogP contribution in [0.4, 0.5) is 4.79 Å². The van der Waals surface area contributed by atoms with Gasteiger partial charge in [0.05, 0.1) is 29.2 Å². The summed E-state index contributed by atoms with van der Waals surface area (Å²) in [6.07, 6.45) is 2.81. The van der Waals surface area contributed by atoms with Gasteiger partial charge in [0.2, 0.25) is 0 Å². The summed E-state index contributed by atoms with van der Waals surface area (Å²) in [6, 6.07) is 5.53. The van der Waals surface area contributed by atoms with Gasteiger partial charge in [-0.3, -0.25) is 9.91 Å². The number of methoxy groups -OCH3 is 1. The van der Waals surface area contributed by atoms with Crippen LogP contribution in [0.15, 0.2) is 35.0 Å². The van der Waals surface area contributed by atoms with E-state index >= 15 is 0 Å². The predicted molar refractivity (Wildman–Crippen MR) is 119 cm³/mol. The molecule has 162 valence electrons. The average molecular weight is 452 g/mol. The minimum absolute atomic E-state index is 0.0320. The number of carbonyl (C=O) groups excluding carboxylic acids is 1. The van der Waals surface area contributed by atoms with E-state index < -0.39 is 0 Å². The monoisotopic (exact) mass is 451 g/mol. The number of aliphatic imine (C=N–C) groups is 1. The van der Waals surface area contributed by atoms with Crippen molar-refractivity contribution in [3.05, 3.63) is 45.6 Å². The maximum atomic E-state index is 13.4. The van der Waals surface area contributed by atoms with Crippen molar-refractivity contribution in [2.75, 3.05) is 53.0 Å². The Balaban J connectivity index is 1.51. The Morgan fingerprint density at radius 3 is 2.63 bits per heavy atom. The number of hydrogen-bond acceptors (Lipinski definition) is 5. The van der Waals surface area contributed by atoms with Crippen LogP contribution in [-0.4, -0.2) is 84.7 Å². The molecule has 1 atom stereocenters. The molecule has 0 spiro atoms. The van der Waals surface area contributed by atoms with Gasteiger partial charge in [0.25, 0.3) is 0 Å². The molecule has 0 bridgehead atoms. The van der Waals surface area contributed by atoms with Crippen molar-refractivity contribution in [2.24, 2.45) is 4.99 Å². The normalized spacial score (nSPS) is 22.1. The third-order valence-corrected chi connectivity index (χ3v) is 6.54. The van der Waals surface area contributed by atoms with Crippen LogP contribution < -0.4 is 0 Å². The molecule has 2 fully saturated rings. The van der Waals surface area contributed by atoms with Crippen molar-refractivity contribution >= 4 is 35.1 Å². The van der Waals surface area contributed by atoms with Crippen LogP contribution in [0.2, 0.25) is 10.0 Å². The number of ether oxygens (including phenoxy) is 1. The van der Waals surface area contributed by atoms with E-state index in [9.17, 15) is 4.79 Å². The van der Waals surface area contributed by atoms with Crippen LogP contribution in [0.3, 0.4) is 0 Å². The molecule has 3 aliphatic heterocycles. The molecule has 30 heavy (non-hydrogen) atoms. The molecular formula is C21H27Cl2N5O2. The number of allylic oxidation sites excluding steroid dienone is 1. The number of urea groups is 1. The molecular weight excluding hydrogens is 425 g/mol. The lowest BCUT2D eigenvalue weighted by Crippen LogP contribution is -2.56. The molecule has 1 unspecified atom stereocenters. The first kappa shape index (κ1) is 21.4. The lowest BCUT2D eigenvalue weighted by atomic mass is 10.0. The molecule has 0 saturated carbocycles. The molecule has 2 amide bonds. The zero-order valence-electron chi connectivity index (χ0n) is 17.4. The Labute approximate surface area is 187 Å². The van der Waals surface area contributed by atoms with Gasteiger partial charge in [-0.05, 0) is 30.7 Å². The second kappa shape index (κ2) is 9.14. The number of carbonyl (C=O) groups is 1. The summed E-state index contributed by atoms with van der Waals surface area (Å²) in [6.45, 7) is 7.37. The van der Waals surface area contributed by atoms with E-state index in [0.29, 0.717) is 36.3 Å². The zero-order chi connectivity index (χ0) is 21.3. The van der Waals surface area contributed by atoms with E-state index in [0.717, 1.165) is 43.2 Å². The first-order valence-corrected chi connectivity index (χ1v) is 11.0. The van der Waals surface area contributed by atoms with Gasteiger partial charge in [-0.2, -0.15) is 0 Å². The topological polar surface area (TPSA) is 51.6 Å². The van der Waals surface area contributed by atoms with E-state index in [1.54, 1.807) is 13.2 Å². The largest absolute Gasteiger partial charge is 0.383 e. The van der Waals surface area contributed by atoms with Gasteiger partial charge in [0.1, 0.15) is 5.84 Å². The van der Waals surface area contributed by atoms with Crippen LogP contribution in [0.5, 0.6) is 0 Å². The number of rotatable bonds is 4. The van der Waals surface area contributed by atoms with Crippen molar-refractivity contribution in [2.45, 2.75) is 19.4 Å². The standard InChI is InChI=1S/C21H27Cl2N5O2/c1-15-13-19(16-3-4-17(22)18(23)14-16)28-20(24-15)5-6-27(28)21(29)26-9-7-25(8-10-26)11-12-30-2/h3-4,13-14,19H,5-12H2,1-2H3. The highest BCUT2D eigenvalue weighted by Gasteiger charge is 2.40. The van der Waals surface area contributed by atoms with Crippen LogP contribution in [-0.2, 0) is 4.74 Å². The molecule has 3 heterocycles. The number of halogens is 2. The van der Waals surface area contributed by atoms with E-state index in [1.165, 1.54) is 0 Å². The van der Waals surface area contributed by atoms with Gasteiger partial charge < -0.3 is 9.64 Å². The highest BCUT2D eigenvalue weighted by molar-refractivity contribution is 6.42. The second-order valence-electron chi connectivity index (χ2n) is 7.78. The quantitative estimate of drug-likeness (QED) is 0.700. The Morgan fingerprint density at radius 2 is 1.93 bits per heavy atom. The summed E-state index contributed by atoms with van der Waals surface area (Å²) in [7, 11) is 1.71. The second-order valence-corrected chi connectivity index (χ2v) is 8.59. The smallest absolute Gasteiger partial charge is 0.338 e. The maximum Gasteiger partial charge on any atom is 0.338 e. The molecule has 0 aliphatic carbocycles. The van der Waals surface area contributed by atoms with E-state index in [4.69, 9.17) is 32.9 Å². The summed E-state index contributed by atoms with van der Waals surface area (Å²) < 4.78 is 5.16. The number of amidine groups is 1. The van der Waals surface area contributed by atoms with Crippen LogP contribution in [0.1, 0.15) is 24.9 Å². The first-order chi connectivity index (χ1) is 14.5. The summed E-state index contributed by atoms with van der Waals surface area (Å²) >= 11 is 12.4. The van der Waals surface area contributed by atoms with Gasteiger partial charge in [0.15, 0.2) is 0 Å². The molecule has 1 aromatic rings. The third-order valence-electron chi connectivity index (χ3n) is 5.80. The van der Waals surface area contributed by atoms with E-state index in [-0.39, 0.29) is 12.1 Å². The third kappa shape index (κ3) is 4.30. The molecule has 1 aromatic carbocycles. The molecule has 3 aliphatic rings. The molecule has 4 rings (SSSR count). The highest BCUT2D eigenvalue weighted by Crippen LogP contribution is 2.36. The number of amides is 2. The fourth-order valence-corrected chi connectivity index (χ4v) is 4.50. The molecule has 0 radical (unpaired) electrons. The van der Waals surface area contributed by atoms with Crippen LogP contribution in [0.25, 0.3) is 0 Å². The summed E-state index contributed by atoms with van der Waals surface area (Å²) in [4.78, 5) is 22.4. The van der Waals surface area contributed by atoms with Crippen LogP contribution in [0, 0.1) is 0 Å². The lowest BCUT2D eigenvalue weighted by molar-refractivity contribution is 0.0411. The van der Waals surface area contributed by atoms with Gasteiger partial charge in [-0.25, -0.2) is 14.8 Å². The molecule has 9 heteroatoms. The summed E-state index contributed by atoms with van der Waals surface area (Å²) in [5.74, 6) is 0.915.